The van der Waals surface area contributed by atoms with Gasteiger partial charge in [0.25, 0.3) is 0 Å². The molecule has 0 aliphatic carbocycles. The van der Waals surface area contributed by atoms with E-state index in [0.29, 0.717) is 58.3 Å². The number of quaternary nitrogens is 1. The van der Waals surface area contributed by atoms with E-state index in [4.69, 9.17) is 4.74 Å². The number of aliphatic hydroxyl groups excluding tert-OH is 1. The highest BCUT2D eigenvalue weighted by molar-refractivity contribution is 7.22. The first kappa shape index (κ1) is 40.5. The molecule has 0 spiro atoms. The van der Waals surface area contributed by atoms with E-state index in [2.05, 4.69) is 56.7 Å². The molecule has 0 saturated heterocycles. The molecule has 0 unspecified atom stereocenters. The molecule has 54 heavy (non-hydrogen) atoms. The normalized spacial score (nSPS) is 11.4. The summed E-state index contributed by atoms with van der Waals surface area (Å²) in [5, 5.41) is 36.0. The third-order valence-electron chi connectivity index (χ3n) is 8.69. The molecule has 12 nitrogen and oxygen atoms in total. The van der Waals surface area contributed by atoms with Crippen LogP contribution in [-0.2, 0) is 6.42 Å². The van der Waals surface area contributed by atoms with Gasteiger partial charge in [0.1, 0.15) is 0 Å². The number of ether oxygens (including phenoxy) is 1. The summed E-state index contributed by atoms with van der Waals surface area (Å²) in [5.74, 6) is 5.45. The molecular weight excluding hydrogens is 728 g/mol. The lowest BCUT2D eigenvalue weighted by atomic mass is 10.2. The summed E-state index contributed by atoms with van der Waals surface area (Å²) in [7, 11) is 6.14. The van der Waals surface area contributed by atoms with Gasteiger partial charge in [-0.1, -0.05) is 35.3 Å². The first-order valence-electron chi connectivity index (χ1n) is 18.0. The van der Waals surface area contributed by atoms with Gasteiger partial charge >= 0.3 is 5.97 Å². The number of fused-ring (bicyclic) bond motifs is 1. The number of nitrogens with one attached hydrogen (secondary N) is 2. The van der Waals surface area contributed by atoms with Gasteiger partial charge in [0, 0.05) is 30.0 Å². The fourth-order valence-corrected chi connectivity index (χ4v) is 7.79. The summed E-state index contributed by atoms with van der Waals surface area (Å²) in [6.45, 7) is 5.28. The Kier molecular flexibility index (Phi) is 14.7. The van der Waals surface area contributed by atoms with Gasteiger partial charge < -0.3 is 35.0 Å². The number of carboxylic acids is 1. The van der Waals surface area contributed by atoms with E-state index < -0.39 is 11.8 Å². The minimum absolute atomic E-state index is 0.0163. The van der Waals surface area contributed by atoms with E-state index in [-0.39, 0.29) is 24.7 Å². The van der Waals surface area contributed by atoms with Gasteiger partial charge in [0.15, 0.2) is 39.2 Å². The Bertz CT molecular complexity index is 2040. The van der Waals surface area contributed by atoms with Crippen molar-refractivity contribution in [1.82, 2.24) is 25.5 Å². The third-order valence-corrected chi connectivity index (χ3v) is 10.8. The van der Waals surface area contributed by atoms with Crippen molar-refractivity contribution in [3.05, 3.63) is 76.0 Å². The molecule has 3 aromatic heterocycles. The number of aliphatic hydroxyl groups is 1. The Morgan fingerprint density at radius 3 is 2.57 bits per heavy atom. The van der Waals surface area contributed by atoms with Crippen molar-refractivity contribution in [2.24, 2.45) is 0 Å². The van der Waals surface area contributed by atoms with Gasteiger partial charge in [-0.25, -0.2) is 19.2 Å². The monoisotopic (exact) mass is 775 g/mol. The lowest BCUT2D eigenvalue weighted by molar-refractivity contribution is -0.890. The van der Waals surface area contributed by atoms with Crippen LogP contribution in [-0.4, -0.2) is 101 Å². The van der Waals surface area contributed by atoms with Crippen molar-refractivity contribution in [3.8, 4) is 17.6 Å². The lowest BCUT2D eigenvalue weighted by Gasteiger charge is -2.29. The summed E-state index contributed by atoms with van der Waals surface area (Å²) >= 11 is 2.84. The molecule has 0 radical (unpaired) electrons. The minimum atomic E-state index is -1.12. The number of thiazole rings is 2. The average Bonchev–Trinajstić information content (AvgIpc) is 3.76. The molecule has 5 rings (SSSR count). The van der Waals surface area contributed by atoms with Gasteiger partial charge in [-0.3, -0.25) is 0 Å². The lowest BCUT2D eigenvalue weighted by Crippen LogP contribution is -2.41. The third kappa shape index (κ3) is 11.4. The molecule has 0 bridgehead atoms. The molecule has 0 saturated carbocycles. The van der Waals surface area contributed by atoms with Crippen molar-refractivity contribution in [3.63, 3.8) is 0 Å². The molecule has 5 aromatic rings. The highest BCUT2D eigenvalue weighted by Crippen LogP contribution is 2.34. The van der Waals surface area contributed by atoms with Crippen LogP contribution in [0.2, 0.25) is 0 Å². The van der Waals surface area contributed by atoms with Gasteiger partial charge in [-0.05, 0) is 88.0 Å². The zero-order valence-corrected chi connectivity index (χ0v) is 32.8. The highest BCUT2D eigenvalue weighted by atomic mass is 32.1. The number of aryl methyl sites for hydroxylation is 2. The first-order valence-corrected chi connectivity index (χ1v) is 19.7. The summed E-state index contributed by atoms with van der Waals surface area (Å²) < 4.78 is 22.3. The number of halogens is 1. The SMILES string of the molecule is CNCC#Cc1ccc(OCCCc2sc(N(CCCCC[N+](C)(C)CCCO)c3cc(C)c(Nc4nc5ccccc5s4)nn3)nc2C(=O)O)c(F)c1. The fourth-order valence-electron chi connectivity index (χ4n) is 5.80. The molecule has 0 aliphatic rings. The zero-order valence-electron chi connectivity index (χ0n) is 31.2. The second kappa shape index (κ2) is 19.6. The second-order valence-electron chi connectivity index (χ2n) is 13.5. The van der Waals surface area contributed by atoms with E-state index >= 15 is 0 Å². The standard InChI is InChI=1S/C39H47FN8O4S2/c1-27-25-34(45-46-36(27)44-38-42-30-14-6-7-15-32(30)53-38)47(20-8-5-9-21-48(3,4)22-12-23-49)39-43-35(37(50)51)33(54-39)16-11-24-52-31-18-17-28(26-29(31)40)13-10-19-41-2/h6-7,14-15,17-18,25-26,41,49H,5,8-9,11-12,16,19-24H2,1-4H3,(H-,42,44,46,50,51)/p+1. The van der Waals surface area contributed by atoms with Gasteiger partial charge in [-0.2, -0.15) is 0 Å². The molecule has 0 amide bonds. The van der Waals surface area contributed by atoms with Crippen LogP contribution in [0.3, 0.4) is 0 Å². The van der Waals surface area contributed by atoms with Crippen LogP contribution in [0.15, 0.2) is 48.5 Å². The molecule has 4 N–H and O–H groups in total. The summed E-state index contributed by atoms with van der Waals surface area (Å²) in [4.78, 5) is 24.2. The largest absolute Gasteiger partial charge is 0.491 e. The molecule has 0 aliphatic heterocycles. The molecule has 3 heterocycles. The summed E-state index contributed by atoms with van der Waals surface area (Å²) in [6, 6.07) is 14.5. The van der Waals surface area contributed by atoms with Crippen LogP contribution in [0, 0.1) is 24.6 Å². The van der Waals surface area contributed by atoms with Crippen LogP contribution in [0.4, 0.5) is 26.3 Å². The zero-order chi connectivity index (χ0) is 38.5. The highest BCUT2D eigenvalue weighted by Gasteiger charge is 2.24. The number of hydrogen-bond donors (Lipinski definition) is 4. The van der Waals surface area contributed by atoms with Crippen molar-refractivity contribution >= 4 is 60.8 Å². The van der Waals surface area contributed by atoms with E-state index in [0.717, 1.165) is 59.0 Å². The van der Waals surface area contributed by atoms with Crippen molar-refractivity contribution in [2.75, 3.05) is 70.8 Å². The topological polar surface area (TPSA) is 146 Å². The predicted molar refractivity (Wildman–Crippen MR) is 214 cm³/mol. The predicted octanol–water partition coefficient (Wildman–Crippen LogP) is 6.78. The van der Waals surface area contributed by atoms with E-state index in [1.807, 2.05) is 42.2 Å². The van der Waals surface area contributed by atoms with Crippen LogP contribution in [0.1, 0.15) is 58.6 Å². The van der Waals surface area contributed by atoms with Crippen LogP contribution < -0.4 is 20.3 Å². The van der Waals surface area contributed by atoms with Gasteiger partial charge in [0.2, 0.25) is 0 Å². The number of benzene rings is 2. The number of carboxylic acid groups (broad SMARTS) is 1. The van der Waals surface area contributed by atoms with Crippen molar-refractivity contribution < 1.29 is 28.6 Å². The Morgan fingerprint density at radius 1 is 1.02 bits per heavy atom. The van der Waals surface area contributed by atoms with Crippen LogP contribution in [0.25, 0.3) is 10.2 Å². The number of nitrogens with zero attached hydrogens (tertiary/aromatic N) is 6. The average molecular weight is 776 g/mol. The van der Waals surface area contributed by atoms with Crippen molar-refractivity contribution in [2.45, 2.75) is 45.4 Å². The minimum Gasteiger partial charge on any atom is -0.491 e. The number of aromatic carboxylic acids is 1. The smallest absolute Gasteiger partial charge is 0.355 e. The number of aromatic nitrogens is 4. The maximum absolute atomic E-state index is 14.7. The fraction of sp³-hybridized carbons (Fsp3) is 0.410. The summed E-state index contributed by atoms with van der Waals surface area (Å²) in [5.41, 5.74) is 2.30. The molecule has 0 fully saturated rings. The van der Waals surface area contributed by atoms with Gasteiger partial charge in [0.05, 0.1) is 50.6 Å². The maximum Gasteiger partial charge on any atom is 0.355 e. The number of anilines is 4. The van der Waals surface area contributed by atoms with Crippen LogP contribution in [0.5, 0.6) is 5.75 Å². The molecule has 2 aromatic carbocycles. The number of carbonyl (C=O) groups is 1. The Balaban J connectivity index is 1.30. The number of unbranched alkanes of at least 4 members (excludes halogenated alkanes) is 2. The Morgan fingerprint density at radius 2 is 1.83 bits per heavy atom. The number of rotatable bonds is 20. The van der Waals surface area contributed by atoms with Crippen molar-refractivity contribution in [1.29, 1.82) is 0 Å². The first-order chi connectivity index (χ1) is 26.1. The molecular formula is C39H48FN8O4S2+. The summed E-state index contributed by atoms with van der Waals surface area (Å²) in [6.07, 6.45) is 4.38. The van der Waals surface area contributed by atoms with E-state index in [1.54, 1.807) is 19.2 Å². The Labute approximate surface area is 323 Å². The Hall–Kier alpha value is -4.72. The number of para-hydroxylation sites is 1. The van der Waals surface area contributed by atoms with E-state index in [1.165, 1.54) is 28.7 Å². The quantitative estimate of drug-likeness (QED) is 0.0377. The number of hydrogen-bond acceptors (Lipinski definition) is 12. The molecule has 15 heteroatoms. The second-order valence-corrected chi connectivity index (χ2v) is 15.6. The molecule has 286 valence electrons. The van der Waals surface area contributed by atoms with Gasteiger partial charge in [-0.15, -0.1) is 21.5 Å². The maximum atomic E-state index is 14.7. The van der Waals surface area contributed by atoms with Crippen LogP contribution >= 0.6 is 22.7 Å². The molecule has 0 atom stereocenters. The van der Waals surface area contributed by atoms with E-state index in [9.17, 15) is 19.4 Å².